The molecule has 9 nitrogen and oxygen atoms in total. The second kappa shape index (κ2) is 8.21. The third kappa shape index (κ3) is 4.06. The summed E-state index contributed by atoms with van der Waals surface area (Å²) in [5.74, 6) is 0.700. The van der Waals surface area contributed by atoms with Crippen molar-refractivity contribution in [1.29, 1.82) is 0 Å². The number of hydrogen-bond acceptors (Lipinski definition) is 6. The van der Waals surface area contributed by atoms with Gasteiger partial charge in [-0.05, 0) is 31.5 Å². The van der Waals surface area contributed by atoms with E-state index in [4.69, 9.17) is 9.47 Å². The van der Waals surface area contributed by atoms with Gasteiger partial charge in [-0.25, -0.2) is 4.68 Å². The van der Waals surface area contributed by atoms with Gasteiger partial charge in [0.25, 0.3) is 5.91 Å². The molecule has 4 heterocycles. The largest absolute Gasteiger partial charge is 0.454 e. The second-order valence-corrected chi connectivity index (χ2v) is 8.90. The van der Waals surface area contributed by atoms with Crippen molar-refractivity contribution in [3.8, 4) is 11.5 Å². The lowest BCUT2D eigenvalue weighted by Gasteiger charge is -2.33. The third-order valence-electron chi connectivity index (χ3n) is 6.61. The molecule has 35 heavy (non-hydrogen) atoms. The van der Waals surface area contributed by atoms with Crippen molar-refractivity contribution in [2.45, 2.75) is 45.1 Å². The first-order valence-electron chi connectivity index (χ1n) is 11.1. The second-order valence-electron chi connectivity index (χ2n) is 8.90. The molecular formula is C23H25F3N6O3. The summed E-state index contributed by atoms with van der Waals surface area (Å²) in [4.78, 5) is 14.5. The summed E-state index contributed by atoms with van der Waals surface area (Å²) >= 11 is 0. The number of carbonyl (C=O) groups excluding carboxylic acids is 1. The fourth-order valence-electron chi connectivity index (χ4n) is 4.58. The molecule has 0 saturated heterocycles. The fourth-order valence-corrected chi connectivity index (χ4v) is 4.58. The van der Waals surface area contributed by atoms with Crippen molar-refractivity contribution in [1.82, 2.24) is 24.5 Å². The number of carbonyl (C=O) groups is 1. The summed E-state index contributed by atoms with van der Waals surface area (Å²) in [6.45, 7) is 4.09. The van der Waals surface area contributed by atoms with Gasteiger partial charge in [0.2, 0.25) is 6.79 Å². The monoisotopic (exact) mass is 490 g/mol. The molecule has 2 aromatic heterocycles. The lowest BCUT2D eigenvalue weighted by atomic mass is 9.96. The van der Waals surface area contributed by atoms with Crippen molar-refractivity contribution in [2.24, 2.45) is 7.05 Å². The lowest BCUT2D eigenvalue weighted by molar-refractivity contribution is -0.173. The number of ether oxygens (including phenoxy) is 2. The predicted molar refractivity (Wildman–Crippen MR) is 119 cm³/mol. The molecule has 3 aromatic rings. The van der Waals surface area contributed by atoms with Crippen molar-refractivity contribution in [3.63, 3.8) is 0 Å². The quantitative estimate of drug-likeness (QED) is 0.597. The molecule has 12 heteroatoms. The average Bonchev–Trinajstić information content (AvgIpc) is 3.50. The first kappa shape index (κ1) is 23.1. The molecule has 2 atom stereocenters. The minimum atomic E-state index is -4.55. The van der Waals surface area contributed by atoms with Gasteiger partial charge in [-0.15, -0.1) is 0 Å². The van der Waals surface area contributed by atoms with E-state index in [0.717, 1.165) is 21.6 Å². The summed E-state index contributed by atoms with van der Waals surface area (Å²) in [6.07, 6.45) is -4.83. The van der Waals surface area contributed by atoms with Crippen LogP contribution in [0, 0.1) is 13.8 Å². The molecule has 1 amide bonds. The molecule has 0 saturated carbocycles. The molecule has 0 spiro atoms. The fraction of sp³-hybridized carbons (Fsp3) is 0.435. The maximum Gasteiger partial charge on any atom is 0.410 e. The molecule has 1 N–H and O–H groups in total. The van der Waals surface area contributed by atoms with Crippen LogP contribution >= 0.6 is 0 Å². The van der Waals surface area contributed by atoms with Crippen LogP contribution in [0.15, 0.2) is 24.3 Å². The van der Waals surface area contributed by atoms with Gasteiger partial charge in [-0.1, -0.05) is 6.07 Å². The first-order chi connectivity index (χ1) is 16.5. The predicted octanol–water partition coefficient (Wildman–Crippen LogP) is 3.89. The molecule has 0 radical (unpaired) electrons. The zero-order chi connectivity index (χ0) is 25.1. The summed E-state index contributed by atoms with van der Waals surface area (Å²) in [6, 6.07) is 3.91. The van der Waals surface area contributed by atoms with E-state index < -0.39 is 24.2 Å². The molecule has 1 aromatic carbocycles. The van der Waals surface area contributed by atoms with E-state index in [2.05, 4.69) is 15.5 Å². The normalized spacial score (nSPS) is 18.8. The Balaban J connectivity index is 1.43. The van der Waals surface area contributed by atoms with Gasteiger partial charge >= 0.3 is 6.18 Å². The number of aromatic nitrogens is 4. The standard InChI is InChI=1S/C23H25F3N6O3/c1-12-15(13(2)31(4)28-12)10-30(3)22(33)17-9-21-27-16(8-20(23(24,25)26)32(21)29-17)14-5-6-18-19(7-14)35-11-34-18/h5-7,9,16,20,27H,8,10-11H2,1-4H3/t16-,20+/m1/s1. The summed E-state index contributed by atoms with van der Waals surface area (Å²) < 4.78 is 55.4. The van der Waals surface area contributed by atoms with Crippen LogP contribution in [0.1, 0.15) is 51.5 Å². The van der Waals surface area contributed by atoms with Crippen LogP contribution in [0.5, 0.6) is 11.5 Å². The lowest BCUT2D eigenvalue weighted by Crippen LogP contribution is -2.35. The molecule has 186 valence electrons. The number of fused-ring (bicyclic) bond motifs is 2. The van der Waals surface area contributed by atoms with E-state index in [9.17, 15) is 18.0 Å². The Labute approximate surface area is 199 Å². The van der Waals surface area contributed by atoms with Crippen LogP contribution in [0.25, 0.3) is 0 Å². The van der Waals surface area contributed by atoms with Gasteiger partial charge < -0.3 is 19.7 Å². The minimum Gasteiger partial charge on any atom is -0.454 e. The van der Waals surface area contributed by atoms with Crippen molar-refractivity contribution in [2.75, 3.05) is 19.2 Å². The molecule has 2 aliphatic heterocycles. The highest BCUT2D eigenvalue weighted by atomic mass is 19.4. The van der Waals surface area contributed by atoms with E-state index in [0.29, 0.717) is 17.1 Å². The van der Waals surface area contributed by atoms with Crippen molar-refractivity contribution >= 4 is 11.7 Å². The zero-order valence-electron chi connectivity index (χ0n) is 19.7. The van der Waals surface area contributed by atoms with Crippen LogP contribution < -0.4 is 14.8 Å². The Bertz CT molecular complexity index is 1300. The molecule has 0 unspecified atom stereocenters. The van der Waals surface area contributed by atoms with Gasteiger partial charge in [0.1, 0.15) is 5.82 Å². The number of anilines is 1. The number of rotatable bonds is 4. The van der Waals surface area contributed by atoms with E-state index in [1.54, 1.807) is 29.9 Å². The summed E-state index contributed by atoms with van der Waals surface area (Å²) in [7, 11) is 3.41. The smallest absolute Gasteiger partial charge is 0.410 e. The Morgan fingerprint density at radius 1 is 1.20 bits per heavy atom. The Morgan fingerprint density at radius 2 is 1.94 bits per heavy atom. The highest BCUT2D eigenvalue weighted by Gasteiger charge is 2.47. The van der Waals surface area contributed by atoms with E-state index in [1.807, 2.05) is 20.9 Å². The van der Waals surface area contributed by atoms with Gasteiger partial charge in [0, 0.05) is 44.4 Å². The maximum absolute atomic E-state index is 14.0. The number of alkyl halides is 3. The molecule has 2 aliphatic rings. The minimum absolute atomic E-state index is 0.0604. The maximum atomic E-state index is 14.0. The van der Waals surface area contributed by atoms with E-state index in [1.165, 1.54) is 11.0 Å². The van der Waals surface area contributed by atoms with Gasteiger partial charge in [0.05, 0.1) is 11.7 Å². The number of nitrogens with one attached hydrogen (secondary N) is 1. The van der Waals surface area contributed by atoms with Gasteiger partial charge in [0.15, 0.2) is 23.2 Å². The van der Waals surface area contributed by atoms with Gasteiger partial charge in [-0.2, -0.15) is 23.4 Å². The molecule has 0 bridgehead atoms. The molecular weight excluding hydrogens is 465 g/mol. The highest BCUT2D eigenvalue weighted by Crippen LogP contribution is 2.45. The van der Waals surface area contributed by atoms with Crippen molar-refractivity contribution < 1.29 is 27.4 Å². The van der Waals surface area contributed by atoms with Crippen LogP contribution in [0.3, 0.4) is 0 Å². The molecule has 0 aliphatic carbocycles. The van der Waals surface area contributed by atoms with Crippen molar-refractivity contribution in [3.05, 3.63) is 52.5 Å². The van der Waals surface area contributed by atoms with Gasteiger partial charge in [-0.3, -0.25) is 9.48 Å². The number of nitrogens with zero attached hydrogens (tertiary/aromatic N) is 5. The molecule has 5 rings (SSSR count). The third-order valence-corrected chi connectivity index (χ3v) is 6.61. The first-order valence-corrected chi connectivity index (χ1v) is 11.1. The molecule has 0 fully saturated rings. The highest BCUT2D eigenvalue weighted by molar-refractivity contribution is 5.93. The summed E-state index contributed by atoms with van der Waals surface area (Å²) in [5, 5.41) is 11.5. The average molecular weight is 490 g/mol. The number of benzene rings is 1. The van der Waals surface area contributed by atoms with E-state index in [-0.39, 0.29) is 31.3 Å². The van der Waals surface area contributed by atoms with Crippen LogP contribution in [-0.2, 0) is 13.6 Å². The van der Waals surface area contributed by atoms with Crippen LogP contribution in [-0.4, -0.2) is 50.4 Å². The summed E-state index contributed by atoms with van der Waals surface area (Å²) in [5.41, 5.74) is 3.16. The topological polar surface area (TPSA) is 86.4 Å². The Morgan fingerprint density at radius 3 is 2.63 bits per heavy atom. The SMILES string of the molecule is Cc1nn(C)c(C)c1CN(C)C(=O)c1cc2n(n1)[C@H](C(F)(F)F)C[C@H](c1ccc3c(c1)OCO3)N2. The Hall–Kier alpha value is -3.70. The number of halogens is 3. The number of aryl methyl sites for hydroxylation is 2. The van der Waals surface area contributed by atoms with E-state index >= 15 is 0 Å². The van der Waals surface area contributed by atoms with Crippen LogP contribution in [0.2, 0.25) is 0 Å². The number of hydrogen-bond donors (Lipinski definition) is 1. The number of amides is 1. The zero-order valence-corrected chi connectivity index (χ0v) is 19.7. The Kier molecular flexibility index (Phi) is 5.41. The van der Waals surface area contributed by atoms with Crippen LogP contribution in [0.4, 0.5) is 19.0 Å².